The van der Waals surface area contributed by atoms with Gasteiger partial charge >= 0.3 is 31.2 Å². The zero-order valence-electron chi connectivity index (χ0n) is 6.86. The van der Waals surface area contributed by atoms with E-state index in [4.69, 9.17) is 52.6 Å². The summed E-state index contributed by atoms with van der Waals surface area (Å²) in [6.07, 6.45) is 0. The van der Waals surface area contributed by atoms with Crippen molar-refractivity contribution in [1.29, 1.82) is 0 Å². The fraction of sp³-hybridized carbons (Fsp3) is 0. The Morgan fingerprint density at radius 3 is 0.444 bits per heavy atom. The highest BCUT2D eigenvalue weighted by atomic mass is 32.3. The maximum Gasteiger partial charge on any atom is 0.394 e. The molecule has 13 nitrogen and oxygen atoms in total. The van der Waals surface area contributed by atoms with Gasteiger partial charge in [0.1, 0.15) is 0 Å². The van der Waals surface area contributed by atoms with E-state index in [1.54, 1.807) is 0 Å². The molecule has 18 heavy (non-hydrogen) atoms. The Hall–Kier alpha value is 0.635. The van der Waals surface area contributed by atoms with Crippen molar-refractivity contribution >= 4 is 65.9 Å². The topological polar surface area (TPSA) is 255 Å². The van der Waals surface area contributed by atoms with Crippen molar-refractivity contribution < 1.29 is 58.0 Å². The van der Waals surface area contributed by atoms with Gasteiger partial charge in [0.25, 0.3) is 0 Å². The Morgan fingerprint density at radius 2 is 0.444 bits per heavy atom. The van der Waals surface area contributed by atoms with Crippen LogP contribution in [0.15, 0.2) is 0 Å². The first-order valence-corrected chi connectivity index (χ1v) is 6.29. The van der Waals surface area contributed by atoms with Crippen LogP contribution in [0.2, 0.25) is 0 Å². The molecule has 0 saturated carbocycles. The summed E-state index contributed by atoms with van der Waals surface area (Å²) in [5, 5.41) is 0. The van der Waals surface area contributed by atoms with E-state index >= 15 is 0 Å². The van der Waals surface area contributed by atoms with Gasteiger partial charge in [-0.2, -0.15) is 25.3 Å². The molecule has 0 rings (SSSR count). The van der Waals surface area contributed by atoms with E-state index in [1.165, 1.54) is 0 Å². The molecular weight excluding hydrogens is 358 g/mol. The molecule has 0 amide bonds. The summed E-state index contributed by atoms with van der Waals surface area (Å²) >= 11 is 0. The average Bonchev–Trinajstić information content (AvgIpc) is 1.41. The zero-order valence-corrected chi connectivity index (χ0v) is 9.31. The van der Waals surface area contributed by atoms with Gasteiger partial charge < -0.3 is 5.48 Å². The zero-order chi connectivity index (χ0) is 13.5. The summed E-state index contributed by atoms with van der Waals surface area (Å²) in [5.41, 5.74) is 0. The standard InChI is InChI=1S/2Al.3H2O4S.H2O.6H/c;;3*1-5(2,3)4;;;;;;;/h;;3*(H2,1,2,3,4);1H2;;;;;;. The summed E-state index contributed by atoms with van der Waals surface area (Å²) in [7, 11) is -14.0. The molecule has 0 bridgehead atoms. The van der Waals surface area contributed by atoms with Crippen LogP contribution in [-0.4, -0.2) is 92.8 Å². The highest BCUT2D eigenvalue weighted by Gasteiger charge is 1.85. The molecular formula is H14Al2O13S3. The van der Waals surface area contributed by atoms with Gasteiger partial charge in [0.2, 0.25) is 0 Å². The summed E-state index contributed by atoms with van der Waals surface area (Å²) < 4.78 is 94.8. The molecule has 116 valence electrons. The third kappa shape index (κ3) is 10100. The van der Waals surface area contributed by atoms with Gasteiger partial charge in [0.15, 0.2) is 34.7 Å². The van der Waals surface area contributed by atoms with Gasteiger partial charge in [-0.3, -0.25) is 27.3 Å². The molecule has 0 atom stereocenters. The molecule has 0 aromatic heterocycles. The third-order valence-electron chi connectivity index (χ3n) is 0. The van der Waals surface area contributed by atoms with Crippen LogP contribution in [0.4, 0.5) is 0 Å². The van der Waals surface area contributed by atoms with Crippen molar-refractivity contribution in [2.24, 2.45) is 0 Å². The highest BCUT2D eigenvalue weighted by Crippen LogP contribution is 1.60. The molecule has 0 aromatic rings. The molecule has 0 aromatic carbocycles. The molecule has 8 N–H and O–H groups in total. The fourth-order valence-electron chi connectivity index (χ4n) is 0. The summed E-state index contributed by atoms with van der Waals surface area (Å²) in [5.74, 6) is 0. The van der Waals surface area contributed by atoms with Crippen LogP contribution in [-0.2, 0) is 31.2 Å². The molecule has 0 unspecified atom stereocenters. The number of hydrogen-bond donors (Lipinski definition) is 6. The van der Waals surface area contributed by atoms with Crippen molar-refractivity contribution in [3.05, 3.63) is 0 Å². The maximum atomic E-state index is 8.74. The first kappa shape index (κ1) is 36.3. The summed E-state index contributed by atoms with van der Waals surface area (Å²) in [6, 6.07) is 0. The summed E-state index contributed by atoms with van der Waals surface area (Å²) in [6.45, 7) is 0. The predicted octanol–water partition coefficient (Wildman–Crippen LogP) is -5.15. The Labute approximate surface area is 124 Å². The monoisotopic (exact) mass is 372 g/mol. The maximum absolute atomic E-state index is 8.74. The van der Waals surface area contributed by atoms with Gasteiger partial charge in [-0.1, -0.05) is 0 Å². The summed E-state index contributed by atoms with van der Waals surface area (Å²) in [4.78, 5) is 0. The van der Waals surface area contributed by atoms with Crippen molar-refractivity contribution in [3.63, 3.8) is 0 Å². The fourth-order valence-corrected chi connectivity index (χ4v) is 0. The first-order chi connectivity index (χ1) is 6.00. The lowest BCUT2D eigenvalue weighted by Gasteiger charge is -1.68. The molecule has 0 aliphatic carbocycles. The van der Waals surface area contributed by atoms with Crippen LogP contribution in [0.25, 0.3) is 0 Å². The number of hydrogen-bond acceptors (Lipinski definition) is 6. The molecule has 18 heteroatoms. The van der Waals surface area contributed by atoms with Gasteiger partial charge in [0.05, 0.1) is 0 Å². The van der Waals surface area contributed by atoms with Crippen molar-refractivity contribution in [2.75, 3.05) is 0 Å². The molecule has 0 aliphatic rings. The quantitative estimate of drug-likeness (QED) is 0.172. The van der Waals surface area contributed by atoms with E-state index in [0.717, 1.165) is 0 Å². The van der Waals surface area contributed by atoms with Gasteiger partial charge in [0, 0.05) is 0 Å². The Bertz CT molecular complexity index is 341. The van der Waals surface area contributed by atoms with E-state index in [1.807, 2.05) is 0 Å². The van der Waals surface area contributed by atoms with Crippen molar-refractivity contribution in [3.8, 4) is 0 Å². The molecule has 0 saturated heterocycles. The van der Waals surface area contributed by atoms with Crippen LogP contribution in [0.5, 0.6) is 0 Å². The lowest BCUT2D eigenvalue weighted by atomic mass is 15.8. The highest BCUT2D eigenvalue weighted by molar-refractivity contribution is 7.80. The Kier molecular flexibility index (Phi) is 28.3. The van der Waals surface area contributed by atoms with Crippen LogP contribution in [0, 0.1) is 0 Å². The van der Waals surface area contributed by atoms with Crippen LogP contribution in [0.3, 0.4) is 0 Å². The molecule has 0 aliphatic heterocycles. The Balaban J connectivity index is -0.0000000277. The Morgan fingerprint density at radius 1 is 0.444 bits per heavy atom. The third-order valence-corrected chi connectivity index (χ3v) is 0. The molecule has 0 radical (unpaired) electrons. The van der Waals surface area contributed by atoms with Crippen LogP contribution < -0.4 is 0 Å². The second kappa shape index (κ2) is 14.1. The van der Waals surface area contributed by atoms with E-state index in [2.05, 4.69) is 0 Å². The van der Waals surface area contributed by atoms with Crippen LogP contribution >= 0.6 is 0 Å². The second-order valence-corrected chi connectivity index (χ2v) is 4.03. The van der Waals surface area contributed by atoms with Gasteiger partial charge in [-0.05, 0) is 0 Å². The average molecular weight is 372 g/mol. The normalized spacial score (nSPS) is 9.67. The molecule has 0 spiro atoms. The largest absolute Gasteiger partial charge is 0.412 e. The minimum absolute atomic E-state index is 0. The number of rotatable bonds is 0. The first-order valence-electron chi connectivity index (χ1n) is 2.10. The molecule has 0 heterocycles. The SMILES string of the molecule is O.O=S(=O)(O)O.O=S(=O)(O)O.O=S(=O)(O)O.[AlH3].[AlH3]. The lowest BCUT2D eigenvalue weighted by molar-refractivity contribution is 0.378. The second-order valence-electron chi connectivity index (χ2n) is 1.34. The predicted molar refractivity (Wildman–Crippen MR) is 66.0 cm³/mol. The van der Waals surface area contributed by atoms with Gasteiger partial charge in [-0.15, -0.1) is 0 Å². The van der Waals surface area contributed by atoms with E-state index in [9.17, 15) is 0 Å². The minimum Gasteiger partial charge on any atom is -0.412 e. The van der Waals surface area contributed by atoms with Crippen molar-refractivity contribution in [1.82, 2.24) is 0 Å². The van der Waals surface area contributed by atoms with Crippen LogP contribution in [0.1, 0.15) is 0 Å². The van der Waals surface area contributed by atoms with Gasteiger partial charge in [-0.25, -0.2) is 0 Å². The van der Waals surface area contributed by atoms with E-state index in [-0.39, 0.29) is 40.2 Å². The van der Waals surface area contributed by atoms with E-state index in [0.29, 0.717) is 0 Å². The molecule has 0 fully saturated rings. The lowest BCUT2D eigenvalue weighted by Crippen LogP contribution is -1.89. The smallest absolute Gasteiger partial charge is 0.394 e. The minimum atomic E-state index is -4.67. The van der Waals surface area contributed by atoms with E-state index < -0.39 is 31.2 Å². The van der Waals surface area contributed by atoms with Crippen molar-refractivity contribution in [2.45, 2.75) is 0 Å².